The number of hydrogen-bond acceptors (Lipinski definition) is 2. The number of amides is 1. The van der Waals surface area contributed by atoms with Gasteiger partial charge in [-0.25, -0.2) is 4.98 Å². The molecule has 4 rings (SSSR count). The molecule has 2 heterocycles. The lowest BCUT2D eigenvalue weighted by Gasteiger charge is -2.19. The van der Waals surface area contributed by atoms with Crippen molar-refractivity contribution < 1.29 is 4.79 Å². The van der Waals surface area contributed by atoms with E-state index in [4.69, 9.17) is 4.98 Å². The topological polar surface area (TPSA) is 38.1 Å². The highest BCUT2D eigenvalue weighted by molar-refractivity contribution is 5.97. The number of anilines is 1. The second-order valence-corrected chi connectivity index (χ2v) is 9.28. The summed E-state index contributed by atoms with van der Waals surface area (Å²) in [7, 11) is 0. The standard InChI is InChI=1S/C28H37N3O/c1-3-4-5-6-7-8-9-14-19-30-26-18-13-11-16-24(26)29-28(30)23-20-27(32)31(21-23)25-17-12-10-15-22(25)2/h10-13,15-18,23H,3-9,14,19-21H2,1-2H3/t23-/m0/s1. The van der Waals surface area contributed by atoms with Crippen LogP contribution in [0.2, 0.25) is 0 Å². The van der Waals surface area contributed by atoms with E-state index in [2.05, 4.69) is 54.8 Å². The number of aryl methyl sites for hydroxylation is 2. The van der Waals surface area contributed by atoms with Crippen molar-refractivity contribution in [1.82, 2.24) is 9.55 Å². The molecular formula is C28H37N3O. The van der Waals surface area contributed by atoms with Gasteiger partial charge in [0, 0.05) is 31.1 Å². The van der Waals surface area contributed by atoms with Crippen molar-refractivity contribution in [3.05, 3.63) is 59.9 Å². The number of nitrogens with zero attached hydrogens (tertiary/aromatic N) is 3. The van der Waals surface area contributed by atoms with Crippen LogP contribution < -0.4 is 4.90 Å². The van der Waals surface area contributed by atoms with Crippen LogP contribution in [-0.2, 0) is 11.3 Å². The van der Waals surface area contributed by atoms with Gasteiger partial charge in [-0.2, -0.15) is 0 Å². The van der Waals surface area contributed by atoms with Crippen LogP contribution in [0.25, 0.3) is 11.0 Å². The fourth-order valence-corrected chi connectivity index (χ4v) is 5.02. The number of benzene rings is 2. The molecule has 1 amide bonds. The van der Waals surface area contributed by atoms with Gasteiger partial charge in [-0.3, -0.25) is 4.79 Å². The van der Waals surface area contributed by atoms with E-state index in [-0.39, 0.29) is 11.8 Å². The average molecular weight is 432 g/mol. The smallest absolute Gasteiger partial charge is 0.227 e. The van der Waals surface area contributed by atoms with Crippen LogP contribution in [0.3, 0.4) is 0 Å². The SMILES string of the molecule is CCCCCCCCCCn1c([C@H]2CC(=O)N(c3ccccc3C)C2)nc2ccccc21. The number of carbonyl (C=O) groups excluding carboxylic acids is 1. The van der Waals surface area contributed by atoms with Crippen LogP contribution in [0.1, 0.15) is 82.0 Å². The summed E-state index contributed by atoms with van der Waals surface area (Å²) in [6.07, 6.45) is 11.0. The maximum absolute atomic E-state index is 12.9. The predicted octanol–water partition coefficient (Wildman–Crippen LogP) is 7.01. The van der Waals surface area contributed by atoms with Gasteiger partial charge in [-0.05, 0) is 37.1 Å². The Kier molecular flexibility index (Phi) is 7.62. The molecule has 1 atom stereocenters. The van der Waals surface area contributed by atoms with Gasteiger partial charge < -0.3 is 9.47 Å². The summed E-state index contributed by atoms with van der Waals surface area (Å²) in [5.41, 5.74) is 4.43. The largest absolute Gasteiger partial charge is 0.328 e. The first-order valence-electron chi connectivity index (χ1n) is 12.5. The number of para-hydroxylation sites is 3. The molecular weight excluding hydrogens is 394 g/mol. The molecule has 0 bridgehead atoms. The molecule has 0 radical (unpaired) electrons. The molecule has 1 aromatic heterocycles. The van der Waals surface area contributed by atoms with Gasteiger partial charge in [0.1, 0.15) is 5.82 Å². The van der Waals surface area contributed by atoms with E-state index in [0.717, 1.165) is 29.1 Å². The van der Waals surface area contributed by atoms with Crippen molar-refractivity contribution in [2.75, 3.05) is 11.4 Å². The van der Waals surface area contributed by atoms with Gasteiger partial charge in [0.05, 0.1) is 11.0 Å². The minimum absolute atomic E-state index is 0.142. The van der Waals surface area contributed by atoms with Crippen LogP contribution in [0.5, 0.6) is 0 Å². The highest BCUT2D eigenvalue weighted by Crippen LogP contribution is 2.34. The number of fused-ring (bicyclic) bond motifs is 1. The maximum Gasteiger partial charge on any atom is 0.227 e. The van der Waals surface area contributed by atoms with Crippen molar-refractivity contribution in [2.45, 2.75) is 84.1 Å². The molecule has 4 nitrogen and oxygen atoms in total. The van der Waals surface area contributed by atoms with E-state index in [1.807, 2.05) is 17.0 Å². The molecule has 0 unspecified atom stereocenters. The van der Waals surface area contributed by atoms with Gasteiger partial charge in [-0.15, -0.1) is 0 Å². The van der Waals surface area contributed by atoms with E-state index >= 15 is 0 Å². The Hall–Kier alpha value is -2.62. The minimum Gasteiger partial charge on any atom is -0.328 e. The molecule has 4 heteroatoms. The number of hydrogen-bond donors (Lipinski definition) is 0. The summed E-state index contributed by atoms with van der Waals surface area (Å²) in [6.45, 7) is 6.04. The molecule has 2 aromatic carbocycles. The molecule has 0 N–H and O–H groups in total. The molecule has 170 valence electrons. The van der Waals surface area contributed by atoms with Crippen molar-refractivity contribution >= 4 is 22.6 Å². The first-order valence-corrected chi connectivity index (χ1v) is 12.5. The third-order valence-electron chi connectivity index (χ3n) is 6.82. The molecule has 1 saturated heterocycles. The summed E-state index contributed by atoms with van der Waals surface area (Å²) in [4.78, 5) is 19.9. The van der Waals surface area contributed by atoms with Crippen molar-refractivity contribution in [3.8, 4) is 0 Å². The third-order valence-corrected chi connectivity index (χ3v) is 6.82. The molecule has 1 aliphatic heterocycles. The highest BCUT2D eigenvalue weighted by atomic mass is 16.2. The average Bonchev–Trinajstić information content (AvgIpc) is 3.36. The summed E-state index contributed by atoms with van der Waals surface area (Å²) >= 11 is 0. The lowest BCUT2D eigenvalue weighted by Crippen LogP contribution is -2.25. The minimum atomic E-state index is 0.142. The van der Waals surface area contributed by atoms with Crippen LogP contribution in [0.4, 0.5) is 5.69 Å². The van der Waals surface area contributed by atoms with Crippen molar-refractivity contribution in [3.63, 3.8) is 0 Å². The molecule has 0 saturated carbocycles. The molecule has 32 heavy (non-hydrogen) atoms. The Morgan fingerprint density at radius 3 is 2.38 bits per heavy atom. The highest BCUT2D eigenvalue weighted by Gasteiger charge is 2.35. The van der Waals surface area contributed by atoms with Crippen LogP contribution in [-0.4, -0.2) is 22.0 Å². The fourth-order valence-electron chi connectivity index (χ4n) is 5.02. The van der Waals surface area contributed by atoms with E-state index in [1.165, 1.54) is 56.9 Å². The first-order chi connectivity index (χ1) is 15.7. The van der Waals surface area contributed by atoms with E-state index in [9.17, 15) is 4.79 Å². The Balaban J connectivity index is 1.46. The molecule has 0 aliphatic carbocycles. The summed E-state index contributed by atoms with van der Waals surface area (Å²) in [5, 5.41) is 0. The Morgan fingerprint density at radius 2 is 1.59 bits per heavy atom. The Labute approximate surface area is 192 Å². The zero-order valence-electron chi connectivity index (χ0n) is 19.7. The normalized spacial score (nSPS) is 16.4. The molecule has 3 aromatic rings. The van der Waals surface area contributed by atoms with Gasteiger partial charge >= 0.3 is 0 Å². The second-order valence-electron chi connectivity index (χ2n) is 9.28. The number of rotatable bonds is 11. The van der Waals surface area contributed by atoms with Gasteiger partial charge in [0.2, 0.25) is 5.91 Å². The number of unbranched alkanes of at least 4 members (excludes halogenated alkanes) is 7. The van der Waals surface area contributed by atoms with Crippen molar-refractivity contribution in [1.29, 1.82) is 0 Å². The summed E-state index contributed by atoms with van der Waals surface area (Å²) in [6, 6.07) is 16.6. The monoisotopic (exact) mass is 431 g/mol. The predicted molar refractivity (Wildman–Crippen MR) is 133 cm³/mol. The van der Waals surface area contributed by atoms with Crippen LogP contribution >= 0.6 is 0 Å². The van der Waals surface area contributed by atoms with E-state index < -0.39 is 0 Å². The van der Waals surface area contributed by atoms with Gasteiger partial charge in [-0.1, -0.05) is 82.2 Å². The van der Waals surface area contributed by atoms with Crippen LogP contribution in [0, 0.1) is 6.92 Å². The van der Waals surface area contributed by atoms with Crippen molar-refractivity contribution in [2.24, 2.45) is 0 Å². The second kappa shape index (κ2) is 10.8. The van der Waals surface area contributed by atoms with E-state index in [0.29, 0.717) is 13.0 Å². The lowest BCUT2D eigenvalue weighted by molar-refractivity contribution is -0.117. The Bertz CT molecular complexity index is 1040. The maximum atomic E-state index is 12.9. The Morgan fingerprint density at radius 1 is 0.906 bits per heavy atom. The number of carbonyl (C=O) groups is 1. The first kappa shape index (κ1) is 22.6. The fraction of sp³-hybridized carbons (Fsp3) is 0.500. The zero-order chi connectivity index (χ0) is 22.3. The van der Waals surface area contributed by atoms with Crippen LogP contribution in [0.15, 0.2) is 48.5 Å². The van der Waals surface area contributed by atoms with E-state index in [1.54, 1.807) is 0 Å². The molecule has 1 aliphatic rings. The summed E-state index contributed by atoms with van der Waals surface area (Å²) < 4.78 is 2.39. The number of aromatic nitrogens is 2. The number of imidazole rings is 1. The lowest BCUT2D eigenvalue weighted by atomic mass is 10.1. The quantitative estimate of drug-likeness (QED) is 0.306. The molecule has 0 spiro atoms. The van der Waals surface area contributed by atoms with Gasteiger partial charge in [0.15, 0.2) is 0 Å². The third kappa shape index (κ3) is 5.06. The van der Waals surface area contributed by atoms with Gasteiger partial charge in [0.25, 0.3) is 0 Å². The molecule has 1 fully saturated rings. The summed E-state index contributed by atoms with van der Waals surface area (Å²) in [5.74, 6) is 1.43. The zero-order valence-corrected chi connectivity index (χ0v) is 19.7.